The number of para-hydroxylation sites is 1. The Labute approximate surface area is 126 Å². The number of rotatable bonds is 4. The number of nitro groups is 1. The molecular formula is C14H12N2O5S. The summed E-state index contributed by atoms with van der Waals surface area (Å²) in [6.45, 7) is 0. The number of nitrogens with zero attached hydrogens (tertiary/aromatic N) is 1. The third kappa shape index (κ3) is 3.47. The average Bonchev–Trinajstić information content (AvgIpc) is 2.46. The third-order valence-corrected chi connectivity index (χ3v) is 3.98. The van der Waals surface area contributed by atoms with E-state index in [1.165, 1.54) is 48.5 Å². The molecule has 0 aromatic heterocycles. The fraction of sp³-hybridized carbons (Fsp3) is 0.0714. The Kier molecular flexibility index (Phi) is 4.22. The quantitative estimate of drug-likeness (QED) is 0.687. The van der Waals surface area contributed by atoms with Gasteiger partial charge in [-0.05, 0) is 24.3 Å². The van der Waals surface area contributed by atoms with E-state index in [1.807, 2.05) is 0 Å². The van der Waals surface area contributed by atoms with E-state index in [1.54, 1.807) is 0 Å². The first-order chi connectivity index (χ1) is 10.3. The molecule has 0 heterocycles. The van der Waals surface area contributed by atoms with E-state index < -0.39 is 20.7 Å². The Balaban J connectivity index is 2.33. The SMILES string of the molecule is CS(=O)(=O)c1cccc(NC(=O)c2ccccc2[N+](=O)[O-])c1. The van der Waals surface area contributed by atoms with Crippen LogP contribution in [0.2, 0.25) is 0 Å². The van der Waals surface area contributed by atoms with Crippen molar-refractivity contribution in [2.45, 2.75) is 4.90 Å². The molecule has 0 spiro atoms. The number of anilines is 1. The van der Waals surface area contributed by atoms with Crippen molar-refractivity contribution in [1.29, 1.82) is 0 Å². The second-order valence-electron chi connectivity index (χ2n) is 4.53. The zero-order chi connectivity index (χ0) is 16.3. The summed E-state index contributed by atoms with van der Waals surface area (Å²) in [6, 6.07) is 11.2. The van der Waals surface area contributed by atoms with Crippen LogP contribution in [0.15, 0.2) is 53.4 Å². The van der Waals surface area contributed by atoms with Crippen molar-refractivity contribution in [1.82, 2.24) is 0 Å². The highest BCUT2D eigenvalue weighted by atomic mass is 32.2. The highest BCUT2D eigenvalue weighted by molar-refractivity contribution is 7.90. The van der Waals surface area contributed by atoms with E-state index >= 15 is 0 Å². The van der Waals surface area contributed by atoms with Crippen LogP contribution in [0.1, 0.15) is 10.4 Å². The van der Waals surface area contributed by atoms with Crippen molar-refractivity contribution in [3.8, 4) is 0 Å². The molecule has 2 aromatic carbocycles. The zero-order valence-corrected chi connectivity index (χ0v) is 12.3. The van der Waals surface area contributed by atoms with Gasteiger partial charge >= 0.3 is 0 Å². The van der Waals surface area contributed by atoms with Gasteiger partial charge in [-0.2, -0.15) is 0 Å². The Morgan fingerprint density at radius 2 is 1.82 bits per heavy atom. The lowest BCUT2D eigenvalue weighted by Gasteiger charge is -2.07. The van der Waals surface area contributed by atoms with Gasteiger partial charge in [0.2, 0.25) is 0 Å². The summed E-state index contributed by atoms with van der Waals surface area (Å²) in [5.41, 5.74) is -0.178. The lowest BCUT2D eigenvalue weighted by atomic mass is 10.1. The summed E-state index contributed by atoms with van der Waals surface area (Å²) < 4.78 is 23.0. The standard InChI is InChI=1S/C14H12N2O5S/c1-22(20,21)11-6-4-5-10(9-11)15-14(17)12-7-2-3-8-13(12)16(18)19/h2-9H,1H3,(H,15,17). The van der Waals surface area contributed by atoms with Crippen LogP contribution in [0.3, 0.4) is 0 Å². The number of nitro benzene ring substituents is 1. The first-order valence-corrected chi connectivity index (χ1v) is 8.03. The van der Waals surface area contributed by atoms with E-state index in [0.717, 1.165) is 6.26 Å². The van der Waals surface area contributed by atoms with E-state index in [4.69, 9.17) is 0 Å². The molecule has 0 saturated heterocycles. The van der Waals surface area contributed by atoms with Crippen molar-refractivity contribution in [3.63, 3.8) is 0 Å². The Morgan fingerprint density at radius 1 is 1.14 bits per heavy atom. The molecule has 0 aliphatic heterocycles. The lowest BCUT2D eigenvalue weighted by molar-refractivity contribution is -0.385. The lowest BCUT2D eigenvalue weighted by Crippen LogP contribution is -2.14. The fourth-order valence-electron chi connectivity index (χ4n) is 1.83. The number of carbonyl (C=O) groups is 1. The first-order valence-electron chi connectivity index (χ1n) is 6.14. The first kappa shape index (κ1) is 15.6. The molecule has 7 nitrogen and oxygen atoms in total. The van der Waals surface area contributed by atoms with Gasteiger partial charge in [0.25, 0.3) is 11.6 Å². The minimum absolute atomic E-state index is 0.0489. The summed E-state index contributed by atoms with van der Waals surface area (Å²) in [5, 5.41) is 13.4. The largest absolute Gasteiger partial charge is 0.322 e. The smallest absolute Gasteiger partial charge is 0.282 e. The van der Waals surface area contributed by atoms with E-state index in [2.05, 4.69) is 5.32 Å². The second kappa shape index (κ2) is 5.94. The van der Waals surface area contributed by atoms with Gasteiger partial charge in [-0.25, -0.2) is 8.42 Å². The number of carbonyl (C=O) groups excluding carboxylic acids is 1. The van der Waals surface area contributed by atoms with E-state index in [-0.39, 0.29) is 21.8 Å². The molecule has 22 heavy (non-hydrogen) atoms. The molecule has 0 bridgehead atoms. The van der Waals surface area contributed by atoms with Gasteiger partial charge in [0.05, 0.1) is 9.82 Å². The molecule has 1 amide bonds. The molecule has 2 aromatic rings. The fourth-order valence-corrected chi connectivity index (χ4v) is 2.49. The van der Waals surface area contributed by atoms with Gasteiger partial charge < -0.3 is 5.32 Å². The number of sulfone groups is 1. The van der Waals surface area contributed by atoms with Crippen LogP contribution in [0.25, 0.3) is 0 Å². The zero-order valence-electron chi connectivity index (χ0n) is 11.5. The van der Waals surface area contributed by atoms with Crippen LogP contribution in [0.5, 0.6) is 0 Å². The number of hydrogen-bond donors (Lipinski definition) is 1. The minimum Gasteiger partial charge on any atom is -0.322 e. The van der Waals surface area contributed by atoms with Crippen LogP contribution in [0.4, 0.5) is 11.4 Å². The maximum absolute atomic E-state index is 12.1. The number of amides is 1. The Hall–Kier alpha value is -2.74. The average molecular weight is 320 g/mol. The normalized spacial score (nSPS) is 11.0. The van der Waals surface area contributed by atoms with Gasteiger partial charge in [0, 0.05) is 18.0 Å². The molecule has 0 fully saturated rings. The van der Waals surface area contributed by atoms with Crippen LogP contribution < -0.4 is 5.32 Å². The molecule has 0 aliphatic carbocycles. The molecule has 0 saturated carbocycles. The molecule has 8 heteroatoms. The van der Waals surface area contributed by atoms with E-state index in [0.29, 0.717) is 0 Å². The minimum atomic E-state index is -3.41. The molecular weight excluding hydrogens is 308 g/mol. The van der Waals surface area contributed by atoms with Gasteiger partial charge in [-0.15, -0.1) is 0 Å². The summed E-state index contributed by atoms with van der Waals surface area (Å²) in [4.78, 5) is 22.4. The molecule has 114 valence electrons. The molecule has 2 rings (SSSR count). The van der Waals surface area contributed by atoms with Gasteiger partial charge in [-0.3, -0.25) is 14.9 Å². The predicted molar refractivity (Wildman–Crippen MR) is 80.6 cm³/mol. The van der Waals surface area contributed by atoms with Crippen LogP contribution >= 0.6 is 0 Å². The highest BCUT2D eigenvalue weighted by Crippen LogP contribution is 2.20. The monoisotopic (exact) mass is 320 g/mol. The van der Waals surface area contributed by atoms with Crippen molar-refractivity contribution in [2.75, 3.05) is 11.6 Å². The van der Waals surface area contributed by atoms with Crippen molar-refractivity contribution in [2.24, 2.45) is 0 Å². The van der Waals surface area contributed by atoms with Crippen molar-refractivity contribution < 1.29 is 18.1 Å². The summed E-state index contributed by atoms with van der Waals surface area (Å²) in [6.07, 6.45) is 1.05. The van der Waals surface area contributed by atoms with Crippen LogP contribution in [0, 0.1) is 10.1 Å². The number of nitrogens with one attached hydrogen (secondary N) is 1. The van der Waals surface area contributed by atoms with Crippen molar-refractivity contribution in [3.05, 3.63) is 64.2 Å². The van der Waals surface area contributed by atoms with Gasteiger partial charge in [0.1, 0.15) is 5.56 Å². The summed E-state index contributed by atoms with van der Waals surface area (Å²) in [7, 11) is -3.41. The molecule has 0 atom stereocenters. The maximum atomic E-state index is 12.1. The van der Waals surface area contributed by atoms with E-state index in [9.17, 15) is 23.3 Å². The summed E-state index contributed by atoms with van der Waals surface area (Å²) in [5.74, 6) is -0.682. The molecule has 1 N–H and O–H groups in total. The van der Waals surface area contributed by atoms with Crippen LogP contribution in [-0.4, -0.2) is 25.5 Å². The molecule has 0 unspecified atom stereocenters. The second-order valence-corrected chi connectivity index (χ2v) is 6.54. The van der Waals surface area contributed by atoms with Gasteiger partial charge in [0.15, 0.2) is 9.84 Å². The third-order valence-electron chi connectivity index (χ3n) is 2.87. The molecule has 0 aliphatic rings. The highest BCUT2D eigenvalue weighted by Gasteiger charge is 2.19. The van der Waals surface area contributed by atoms with Crippen LogP contribution in [-0.2, 0) is 9.84 Å². The Morgan fingerprint density at radius 3 is 2.45 bits per heavy atom. The maximum Gasteiger partial charge on any atom is 0.282 e. The Bertz CT molecular complexity index is 846. The molecule has 0 radical (unpaired) electrons. The summed E-state index contributed by atoms with van der Waals surface area (Å²) >= 11 is 0. The number of benzene rings is 2. The predicted octanol–water partition coefficient (Wildman–Crippen LogP) is 2.25. The topological polar surface area (TPSA) is 106 Å². The van der Waals surface area contributed by atoms with Crippen molar-refractivity contribution >= 4 is 27.1 Å². The van der Waals surface area contributed by atoms with Gasteiger partial charge in [-0.1, -0.05) is 18.2 Å². The number of hydrogen-bond acceptors (Lipinski definition) is 5.